The van der Waals surface area contributed by atoms with Crippen LogP contribution in [0.25, 0.3) is 16.0 Å². The molecule has 0 atom stereocenters. The lowest BCUT2D eigenvalue weighted by atomic mass is 10.3. The van der Waals surface area contributed by atoms with Crippen LogP contribution in [0.2, 0.25) is 0 Å². The Morgan fingerprint density at radius 2 is 2.08 bits per heavy atom. The molecular formula is C14H13N5O3S2. The molecule has 24 heavy (non-hydrogen) atoms. The Bertz CT molecular complexity index is 1150. The van der Waals surface area contributed by atoms with Crippen LogP contribution >= 0.6 is 11.3 Å². The predicted molar refractivity (Wildman–Crippen MR) is 90.9 cm³/mol. The van der Waals surface area contributed by atoms with Gasteiger partial charge in [0.05, 0.1) is 21.6 Å². The lowest BCUT2D eigenvalue weighted by Crippen LogP contribution is -2.26. The van der Waals surface area contributed by atoms with Crippen LogP contribution in [0, 0.1) is 0 Å². The lowest BCUT2D eigenvalue weighted by Gasteiger charge is -2.06. The molecular weight excluding hydrogens is 350 g/mol. The summed E-state index contributed by atoms with van der Waals surface area (Å²) in [5.74, 6) is 0. The number of imidazole rings is 2. The van der Waals surface area contributed by atoms with Gasteiger partial charge in [0.25, 0.3) is 0 Å². The van der Waals surface area contributed by atoms with E-state index in [9.17, 15) is 13.2 Å². The number of H-pyrrole nitrogens is 2. The van der Waals surface area contributed by atoms with Crippen molar-refractivity contribution in [2.24, 2.45) is 0 Å². The molecule has 0 unspecified atom stereocenters. The van der Waals surface area contributed by atoms with E-state index in [1.165, 1.54) is 23.5 Å². The van der Waals surface area contributed by atoms with Crippen LogP contribution in [0.5, 0.6) is 0 Å². The number of nitrogens with zero attached hydrogens (tertiary/aromatic N) is 2. The first kappa shape index (κ1) is 15.1. The molecule has 0 saturated carbocycles. The number of benzene rings is 1. The minimum absolute atomic E-state index is 0.107. The summed E-state index contributed by atoms with van der Waals surface area (Å²) < 4.78 is 29.2. The van der Waals surface area contributed by atoms with Crippen molar-refractivity contribution in [2.45, 2.75) is 11.3 Å². The number of hydrogen-bond donors (Lipinski definition) is 3. The van der Waals surface area contributed by atoms with E-state index in [4.69, 9.17) is 0 Å². The van der Waals surface area contributed by atoms with Crippen molar-refractivity contribution in [1.29, 1.82) is 0 Å². The van der Waals surface area contributed by atoms with E-state index in [2.05, 4.69) is 19.7 Å². The number of aromatic nitrogens is 4. The fraction of sp³-hybridized carbons (Fsp3) is 0.143. The molecule has 4 rings (SSSR count). The Kier molecular flexibility index (Phi) is 3.52. The summed E-state index contributed by atoms with van der Waals surface area (Å²) in [6.07, 6.45) is 4.29. The third kappa shape index (κ3) is 2.75. The summed E-state index contributed by atoms with van der Waals surface area (Å²) in [4.78, 5) is 21.8. The molecule has 0 amide bonds. The fourth-order valence-electron chi connectivity index (χ4n) is 2.47. The topological polar surface area (TPSA) is 112 Å². The van der Waals surface area contributed by atoms with Crippen LogP contribution in [0.3, 0.4) is 0 Å². The maximum Gasteiger partial charge on any atom is 0.323 e. The standard InChI is InChI=1S/C14H13N5O3S2/c20-13-17-11-2-1-10(7-12(11)18-13)24(21,22)15-4-3-9-8-19-5-6-23-14(19)16-9/h1-2,5-8,15H,3-4H2,(H2,17,18,20). The number of aromatic amines is 2. The second kappa shape index (κ2) is 5.58. The van der Waals surface area contributed by atoms with Gasteiger partial charge >= 0.3 is 5.69 Å². The maximum absolute atomic E-state index is 12.4. The van der Waals surface area contributed by atoms with Crippen molar-refractivity contribution < 1.29 is 8.42 Å². The average molecular weight is 363 g/mol. The number of hydrogen-bond acceptors (Lipinski definition) is 5. The van der Waals surface area contributed by atoms with E-state index >= 15 is 0 Å². The van der Waals surface area contributed by atoms with Crippen LogP contribution in [0.1, 0.15) is 5.69 Å². The Balaban J connectivity index is 1.49. The number of thiazole rings is 1. The van der Waals surface area contributed by atoms with Crippen molar-refractivity contribution in [2.75, 3.05) is 6.54 Å². The summed E-state index contributed by atoms with van der Waals surface area (Å²) in [6, 6.07) is 4.45. The van der Waals surface area contributed by atoms with Gasteiger partial charge in [-0.15, -0.1) is 11.3 Å². The first-order chi connectivity index (χ1) is 11.5. The highest BCUT2D eigenvalue weighted by Gasteiger charge is 2.15. The number of rotatable bonds is 5. The van der Waals surface area contributed by atoms with Crippen LogP contribution in [-0.4, -0.2) is 34.3 Å². The number of nitrogens with one attached hydrogen (secondary N) is 3. The van der Waals surface area contributed by atoms with E-state index in [1.54, 1.807) is 6.07 Å². The third-order valence-electron chi connectivity index (χ3n) is 3.61. The molecule has 1 aromatic carbocycles. The van der Waals surface area contributed by atoms with Gasteiger partial charge in [-0.25, -0.2) is 22.9 Å². The first-order valence-corrected chi connectivity index (χ1v) is 9.50. The third-order valence-corrected chi connectivity index (χ3v) is 5.84. The normalized spacial score (nSPS) is 12.3. The summed E-state index contributed by atoms with van der Waals surface area (Å²) in [5.41, 5.74) is 1.48. The van der Waals surface area contributed by atoms with Gasteiger partial charge in [0.15, 0.2) is 4.96 Å². The van der Waals surface area contributed by atoms with Gasteiger partial charge < -0.3 is 9.97 Å². The Hall–Kier alpha value is -2.43. The second-order valence-corrected chi connectivity index (χ2v) is 7.90. The zero-order valence-corrected chi connectivity index (χ0v) is 13.9. The summed E-state index contributed by atoms with van der Waals surface area (Å²) in [5, 5.41) is 1.94. The molecule has 0 aliphatic rings. The minimum Gasteiger partial charge on any atom is -0.306 e. The lowest BCUT2D eigenvalue weighted by molar-refractivity contribution is 0.581. The zero-order chi connectivity index (χ0) is 16.7. The Morgan fingerprint density at radius 1 is 1.25 bits per heavy atom. The molecule has 0 spiro atoms. The highest BCUT2D eigenvalue weighted by molar-refractivity contribution is 7.89. The average Bonchev–Trinajstić information content (AvgIpc) is 3.18. The predicted octanol–water partition coefficient (Wildman–Crippen LogP) is 1.09. The fourth-order valence-corrected chi connectivity index (χ4v) is 4.25. The molecule has 0 aliphatic heterocycles. The largest absolute Gasteiger partial charge is 0.323 e. The minimum atomic E-state index is -3.65. The smallest absolute Gasteiger partial charge is 0.306 e. The summed E-state index contributed by atoms with van der Waals surface area (Å²) in [6.45, 7) is 0.245. The van der Waals surface area contributed by atoms with Gasteiger partial charge in [0.1, 0.15) is 0 Å². The molecule has 0 fully saturated rings. The maximum atomic E-state index is 12.4. The highest BCUT2D eigenvalue weighted by Crippen LogP contribution is 2.15. The molecule has 0 saturated heterocycles. The molecule has 10 heteroatoms. The van der Waals surface area contributed by atoms with Gasteiger partial charge in [-0.3, -0.25) is 4.40 Å². The van der Waals surface area contributed by atoms with E-state index in [1.807, 2.05) is 22.2 Å². The van der Waals surface area contributed by atoms with Crippen LogP contribution in [0.4, 0.5) is 0 Å². The van der Waals surface area contributed by atoms with E-state index < -0.39 is 10.0 Å². The van der Waals surface area contributed by atoms with Crippen molar-refractivity contribution in [1.82, 2.24) is 24.1 Å². The molecule has 3 heterocycles. The SMILES string of the molecule is O=c1[nH]c2ccc(S(=O)(=O)NCCc3cn4ccsc4n3)cc2[nH]1. The van der Waals surface area contributed by atoms with Gasteiger partial charge in [-0.05, 0) is 18.2 Å². The monoisotopic (exact) mass is 363 g/mol. The van der Waals surface area contributed by atoms with Crippen molar-refractivity contribution >= 4 is 37.4 Å². The van der Waals surface area contributed by atoms with Crippen LogP contribution in [-0.2, 0) is 16.4 Å². The van der Waals surface area contributed by atoms with Crippen molar-refractivity contribution in [3.05, 3.63) is 52.2 Å². The molecule has 0 radical (unpaired) electrons. The molecule has 3 N–H and O–H groups in total. The second-order valence-electron chi connectivity index (χ2n) is 5.26. The van der Waals surface area contributed by atoms with Crippen LogP contribution < -0.4 is 10.4 Å². The molecule has 8 nitrogen and oxygen atoms in total. The van der Waals surface area contributed by atoms with E-state index in [0.717, 1.165) is 10.7 Å². The molecule has 0 bridgehead atoms. The molecule has 4 aromatic rings. The van der Waals surface area contributed by atoms with Gasteiger partial charge in [-0.1, -0.05) is 0 Å². The van der Waals surface area contributed by atoms with Crippen molar-refractivity contribution in [3.63, 3.8) is 0 Å². The van der Waals surface area contributed by atoms with Gasteiger partial charge in [-0.2, -0.15) is 0 Å². The zero-order valence-electron chi connectivity index (χ0n) is 12.3. The van der Waals surface area contributed by atoms with Crippen molar-refractivity contribution in [3.8, 4) is 0 Å². The Labute approximate surface area is 140 Å². The quantitative estimate of drug-likeness (QED) is 0.493. The van der Waals surface area contributed by atoms with E-state index in [0.29, 0.717) is 17.5 Å². The van der Waals surface area contributed by atoms with Gasteiger partial charge in [0.2, 0.25) is 10.0 Å². The number of fused-ring (bicyclic) bond motifs is 2. The first-order valence-electron chi connectivity index (χ1n) is 7.14. The summed E-state index contributed by atoms with van der Waals surface area (Å²) >= 11 is 1.53. The Morgan fingerprint density at radius 3 is 2.92 bits per heavy atom. The highest BCUT2D eigenvalue weighted by atomic mass is 32.2. The van der Waals surface area contributed by atoms with Gasteiger partial charge in [0, 0.05) is 30.7 Å². The molecule has 3 aromatic heterocycles. The van der Waals surface area contributed by atoms with E-state index in [-0.39, 0.29) is 17.1 Å². The number of sulfonamides is 1. The van der Waals surface area contributed by atoms with Crippen LogP contribution in [0.15, 0.2) is 45.7 Å². The summed E-state index contributed by atoms with van der Waals surface area (Å²) in [7, 11) is -3.65. The molecule has 0 aliphatic carbocycles. The molecule has 124 valence electrons.